The Morgan fingerprint density at radius 3 is 3.00 bits per heavy atom. The Labute approximate surface area is 75.2 Å². The van der Waals surface area contributed by atoms with Gasteiger partial charge in [0, 0.05) is 11.3 Å². The van der Waals surface area contributed by atoms with E-state index in [1.807, 2.05) is 24.4 Å². The highest BCUT2D eigenvalue weighted by molar-refractivity contribution is 7.10. The van der Waals surface area contributed by atoms with E-state index < -0.39 is 0 Å². The van der Waals surface area contributed by atoms with Crippen molar-refractivity contribution < 1.29 is 9.53 Å². The van der Waals surface area contributed by atoms with E-state index in [2.05, 4.69) is 0 Å². The van der Waals surface area contributed by atoms with Crippen LogP contribution in [0.3, 0.4) is 0 Å². The second kappa shape index (κ2) is 2.90. The molecule has 2 atom stereocenters. The largest absolute Gasteiger partial charge is 0.456 e. The van der Waals surface area contributed by atoms with Crippen LogP contribution in [0.4, 0.5) is 0 Å². The minimum Gasteiger partial charge on any atom is -0.456 e. The molecule has 12 heavy (non-hydrogen) atoms. The number of hydrogen-bond donors (Lipinski definition) is 0. The summed E-state index contributed by atoms with van der Waals surface area (Å²) >= 11 is 1.65. The van der Waals surface area contributed by atoms with Crippen molar-refractivity contribution in [3.8, 4) is 0 Å². The van der Waals surface area contributed by atoms with Crippen LogP contribution in [-0.4, -0.2) is 5.97 Å². The monoisotopic (exact) mass is 182 g/mol. The highest BCUT2D eigenvalue weighted by atomic mass is 32.1. The molecule has 0 unspecified atom stereocenters. The smallest absolute Gasteiger partial charge is 0.309 e. The van der Waals surface area contributed by atoms with Crippen molar-refractivity contribution in [3.05, 3.63) is 22.4 Å². The van der Waals surface area contributed by atoms with Crippen LogP contribution >= 0.6 is 11.3 Å². The van der Waals surface area contributed by atoms with Crippen molar-refractivity contribution in [1.82, 2.24) is 0 Å². The Kier molecular flexibility index (Phi) is 1.89. The van der Waals surface area contributed by atoms with Gasteiger partial charge in [-0.25, -0.2) is 0 Å². The van der Waals surface area contributed by atoms with Gasteiger partial charge in [0.1, 0.15) is 6.10 Å². The topological polar surface area (TPSA) is 26.3 Å². The summed E-state index contributed by atoms with van der Waals surface area (Å²) in [6.07, 6.45) is 0.854. The first-order chi connectivity index (χ1) is 5.77. The van der Waals surface area contributed by atoms with Gasteiger partial charge >= 0.3 is 5.97 Å². The van der Waals surface area contributed by atoms with Crippen molar-refractivity contribution in [2.45, 2.75) is 19.4 Å². The summed E-state index contributed by atoms with van der Waals surface area (Å²) in [6, 6.07) is 4.00. The lowest BCUT2D eigenvalue weighted by molar-refractivity contribution is -0.144. The Morgan fingerprint density at radius 1 is 1.67 bits per heavy atom. The summed E-state index contributed by atoms with van der Waals surface area (Å²) in [5, 5.41) is 2.01. The maximum absolute atomic E-state index is 11.1. The number of ether oxygens (including phenoxy) is 1. The lowest BCUT2D eigenvalue weighted by Crippen LogP contribution is -2.01. The summed E-state index contributed by atoms with van der Waals surface area (Å²) in [7, 11) is 0. The van der Waals surface area contributed by atoms with Crippen molar-refractivity contribution in [2.75, 3.05) is 0 Å². The van der Waals surface area contributed by atoms with E-state index >= 15 is 0 Å². The van der Waals surface area contributed by atoms with Crippen LogP contribution in [-0.2, 0) is 9.53 Å². The number of carbonyl (C=O) groups is 1. The molecule has 0 N–H and O–H groups in total. The molecule has 3 heteroatoms. The van der Waals surface area contributed by atoms with Gasteiger partial charge in [-0.2, -0.15) is 0 Å². The van der Waals surface area contributed by atoms with Gasteiger partial charge in [0.2, 0.25) is 0 Å². The summed E-state index contributed by atoms with van der Waals surface area (Å²) in [4.78, 5) is 12.2. The minimum absolute atomic E-state index is 0.0208. The van der Waals surface area contributed by atoms with Crippen molar-refractivity contribution in [1.29, 1.82) is 0 Å². The van der Waals surface area contributed by atoms with Gasteiger partial charge < -0.3 is 4.74 Å². The Hall–Kier alpha value is -0.830. The molecule has 1 aromatic rings. The number of cyclic esters (lactones) is 1. The number of rotatable bonds is 1. The van der Waals surface area contributed by atoms with Gasteiger partial charge in [0.25, 0.3) is 0 Å². The lowest BCUT2D eigenvalue weighted by Gasteiger charge is -2.04. The standard InChI is InChI=1S/C9H10O2S/c1-6-5-7(11-9(6)10)8-3-2-4-12-8/h2-4,6-7H,5H2,1H3/t6-,7+/m1/s1. The number of thiophene rings is 1. The molecule has 0 aromatic carbocycles. The molecule has 0 amide bonds. The molecule has 64 valence electrons. The predicted octanol–water partition coefficient (Wildman–Crippen LogP) is 2.37. The second-order valence-corrected chi connectivity index (χ2v) is 4.06. The molecule has 0 saturated carbocycles. The van der Waals surface area contributed by atoms with E-state index in [0.29, 0.717) is 0 Å². The predicted molar refractivity (Wildman–Crippen MR) is 46.9 cm³/mol. The van der Waals surface area contributed by atoms with Crippen molar-refractivity contribution in [3.63, 3.8) is 0 Å². The third-order valence-corrected chi connectivity index (χ3v) is 3.05. The Morgan fingerprint density at radius 2 is 2.50 bits per heavy atom. The fourth-order valence-electron chi connectivity index (χ4n) is 1.37. The first-order valence-corrected chi connectivity index (χ1v) is 4.89. The quantitative estimate of drug-likeness (QED) is 0.623. The first-order valence-electron chi connectivity index (χ1n) is 4.01. The normalized spacial score (nSPS) is 28.9. The summed E-state index contributed by atoms with van der Waals surface area (Å²) in [5.41, 5.74) is 0. The molecule has 1 aliphatic heterocycles. The molecule has 0 spiro atoms. The summed E-state index contributed by atoms with van der Waals surface area (Å²) in [5.74, 6) is 0.00509. The first kappa shape index (κ1) is 7.80. The van der Waals surface area contributed by atoms with E-state index in [4.69, 9.17) is 4.74 Å². The van der Waals surface area contributed by atoms with E-state index in [0.717, 1.165) is 11.3 Å². The van der Waals surface area contributed by atoms with Crippen LogP contribution in [0.1, 0.15) is 24.3 Å². The van der Waals surface area contributed by atoms with E-state index in [1.165, 1.54) is 0 Å². The van der Waals surface area contributed by atoms with Crippen LogP contribution < -0.4 is 0 Å². The third-order valence-electron chi connectivity index (χ3n) is 2.09. The molecular formula is C9H10O2S. The summed E-state index contributed by atoms with van der Waals surface area (Å²) < 4.78 is 5.19. The lowest BCUT2D eigenvalue weighted by atomic mass is 10.1. The number of hydrogen-bond acceptors (Lipinski definition) is 3. The Balaban J connectivity index is 2.14. The van der Waals surface area contributed by atoms with Gasteiger partial charge in [0.05, 0.1) is 5.92 Å². The highest BCUT2D eigenvalue weighted by Crippen LogP contribution is 2.35. The zero-order chi connectivity index (χ0) is 8.55. The molecule has 0 radical (unpaired) electrons. The van der Waals surface area contributed by atoms with Crippen LogP contribution in [0.15, 0.2) is 17.5 Å². The molecule has 1 aromatic heterocycles. The average Bonchev–Trinajstić information content (AvgIpc) is 2.61. The minimum atomic E-state index is -0.0617. The molecule has 1 saturated heterocycles. The zero-order valence-corrected chi connectivity index (χ0v) is 7.64. The van der Waals surface area contributed by atoms with Crippen LogP contribution in [0.5, 0.6) is 0 Å². The molecule has 1 fully saturated rings. The fraction of sp³-hybridized carbons (Fsp3) is 0.444. The van der Waals surface area contributed by atoms with E-state index in [-0.39, 0.29) is 18.0 Å². The maximum Gasteiger partial charge on any atom is 0.309 e. The highest BCUT2D eigenvalue weighted by Gasteiger charge is 2.32. The molecule has 0 aliphatic carbocycles. The van der Waals surface area contributed by atoms with Crippen molar-refractivity contribution in [2.24, 2.45) is 5.92 Å². The van der Waals surface area contributed by atoms with Gasteiger partial charge in [0.15, 0.2) is 0 Å². The van der Waals surface area contributed by atoms with Crippen LogP contribution in [0.2, 0.25) is 0 Å². The number of esters is 1. The van der Waals surface area contributed by atoms with E-state index in [9.17, 15) is 4.79 Å². The molecular weight excluding hydrogens is 172 g/mol. The van der Waals surface area contributed by atoms with Crippen LogP contribution in [0.25, 0.3) is 0 Å². The zero-order valence-electron chi connectivity index (χ0n) is 6.82. The molecule has 0 bridgehead atoms. The molecule has 1 aliphatic rings. The molecule has 2 rings (SSSR count). The Bertz CT molecular complexity index is 279. The molecule has 2 heterocycles. The van der Waals surface area contributed by atoms with Gasteiger partial charge in [-0.3, -0.25) is 4.79 Å². The summed E-state index contributed by atoms with van der Waals surface area (Å²) in [6.45, 7) is 1.91. The van der Waals surface area contributed by atoms with Gasteiger partial charge in [-0.15, -0.1) is 11.3 Å². The second-order valence-electron chi connectivity index (χ2n) is 3.08. The van der Waals surface area contributed by atoms with Crippen LogP contribution in [0, 0.1) is 5.92 Å². The van der Waals surface area contributed by atoms with Gasteiger partial charge in [-0.05, 0) is 11.4 Å². The fourth-order valence-corrected chi connectivity index (χ4v) is 2.14. The number of carbonyl (C=O) groups excluding carboxylic acids is 1. The SMILES string of the molecule is C[C@@H]1C[C@@H](c2cccs2)OC1=O. The molecule has 2 nitrogen and oxygen atoms in total. The van der Waals surface area contributed by atoms with E-state index in [1.54, 1.807) is 11.3 Å². The van der Waals surface area contributed by atoms with Gasteiger partial charge in [-0.1, -0.05) is 13.0 Å². The average molecular weight is 182 g/mol. The maximum atomic E-state index is 11.1. The van der Waals surface area contributed by atoms with Crippen molar-refractivity contribution >= 4 is 17.3 Å². The third kappa shape index (κ3) is 1.25.